The van der Waals surface area contributed by atoms with Crippen molar-refractivity contribution < 1.29 is 17.9 Å². The molecule has 2 nitrogen and oxygen atoms in total. The lowest BCUT2D eigenvalue weighted by atomic mass is 10.1. The molecule has 0 aliphatic heterocycles. The molecule has 0 saturated carbocycles. The van der Waals surface area contributed by atoms with Gasteiger partial charge in [0.05, 0.1) is 17.2 Å². The van der Waals surface area contributed by atoms with Crippen molar-refractivity contribution in [3.8, 4) is 17.6 Å². The first-order valence-electron chi connectivity index (χ1n) is 5.45. The van der Waals surface area contributed by atoms with Crippen LogP contribution in [0.15, 0.2) is 42.5 Å². The summed E-state index contributed by atoms with van der Waals surface area (Å²) in [7, 11) is 0. The molecule has 2 rings (SSSR count). The van der Waals surface area contributed by atoms with Crippen LogP contribution in [0.5, 0.6) is 11.5 Å². The molecular formula is C14H7F3INO. The molecule has 20 heavy (non-hydrogen) atoms. The predicted octanol–water partition coefficient (Wildman–Crippen LogP) is 4.97. The minimum absolute atomic E-state index is 0.191. The Kier molecular flexibility index (Phi) is 4.18. The van der Waals surface area contributed by atoms with Crippen LogP contribution in [0.1, 0.15) is 11.1 Å². The fraction of sp³-hybridized carbons (Fsp3) is 0.0714. The SMILES string of the molecule is N#Cc1cc(Oc2ccc(I)cc2)ccc1C(F)(F)F. The van der Waals surface area contributed by atoms with Crippen molar-refractivity contribution >= 4 is 22.6 Å². The first kappa shape index (κ1) is 14.7. The number of halogens is 4. The topological polar surface area (TPSA) is 33.0 Å². The summed E-state index contributed by atoms with van der Waals surface area (Å²) in [6.07, 6.45) is -4.55. The van der Waals surface area contributed by atoms with E-state index < -0.39 is 17.3 Å². The average Bonchev–Trinajstić information content (AvgIpc) is 2.40. The highest BCUT2D eigenvalue weighted by molar-refractivity contribution is 14.1. The summed E-state index contributed by atoms with van der Waals surface area (Å²) in [6.45, 7) is 0. The van der Waals surface area contributed by atoms with Gasteiger partial charge in [-0.25, -0.2) is 0 Å². The average molecular weight is 389 g/mol. The van der Waals surface area contributed by atoms with E-state index >= 15 is 0 Å². The zero-order chi connectivity index (χ0) is 14.8. The van der Waals surface area contributed by atoms with E-state index in [0.29, 0.717) is 5.75 Å². The van der Waals surface area contributed by atoms with Crippen LogP contribution >= 0.6 is 22.6 Å². The highest BCUT2D eigenvalue weighted by atomic mass is 127. The summed E-state index contributed by atoms with van der Waals surface area (Å²) in [5, 5.41) is 8.80. The lowest BCUT2D eigenvalue weighted by molar-refractivity contribution is -0.137. The van der Waals surface area contributed by atoms with Gasteiger partial charge in [0.25, 0.3) is 0 Å². The number of benzene rings is 2. The third kappa shape index (κ3) is 3.42. The van der Waals surface area contributed by atoms with Gasteiger partial charge >= 0.3 is 6.18 Å². The van der Waals surface area contributed by atoms with Gasteiger partial charge in [-0.3, -0.25) is 0 Å². The van der Waals surface area contributed by atoms with Crippen LogP contribution in [0.3, 0.4) is 0 Å². The molecule has 6 heteroatoms. The van der Waals surface area contributed by atoms with Crippen LogP contribution in [0, 0.1) is 14.9 Å². The maximum absolute atomic E-state index is 12.6. The van der Waals surface area contributed by atoms with E-state index in [4.69, 9.17) is 10.00 Å². The molecule has 2 aromatic rings. The van der Waals surface area contributed by atoms with Crippen molar-refractivity contribution in [3.63, 3.8) is 0 Å². The molecular weight excluding hydrogens is 382 g/mol. The Hall–Kier alpha value is -1.75. The fourth-order valence-electron chi connectivity index (χ4n) is 1.57. The standard InChI is InChI=1S/C14H7F3INO/c15-14(16,17)13-6-5-12(7-9(13)8-19)20-11-3-1-10(18)2-4-11/h1-7H. The molecule has 0 aliphatic rings. The van der Waals surface area contributed by atoms with Crippen LogP contribution in [0.2, 0.25) is 0 Å². The number of nitriles is 1. The van der Waals surface area contributed by atoms with Gasteiger partial charge in [0.15, 0.2) is 0 Å². The van der Waals surface area contributed by atoms with Crippen molar-refractivity contribution in [2.45, 2.75) is 6.18 Å². The summed E-state index contributed by atoms with van der Waals surface area (Å²) >= 11 is 2.13. The molecule has 0 atom stereocenters. The fourth-order valence-corrected chi connectivity index (χ4v) is 1.92. The molecule has 0 N–H and O–H groups in total. The van der Waals surface area contributed by atoms with E-state index in [0.717, 1.165) is 15.7 Å². The molecule has 0 fully saturated rings. The van der Waals surface area contributed by atoms with Crippen LogP contribution in [-0.4, -0.2) is 0 Å². The van der Waals surface area contributed by atoms with Crippen molar-refractivity contribution in [1.82, 2.24) is 0 Å². The second-order valence-electron chi connectivity index (χ2n) is 3.87. The summed E-state index contributed by atoms with van der Waals surface area (Å²) in [6, 6.07) is 11.7. The molecule has 0 bridgehead atoms. The molecule has 0 saturated heterocycles. The van der Waals surface area contributed by atoms with Crippen LogP contribution in [0.25, 0.3) is 0 Å². The van der Waals surface area contributed by atoms with Gasteiger partial charge < -0.3 is 4.74 Å². The van der Waals surface area contributed by atoms with Crippen LogP contribution < -0.4 is 4.74 Å². The van der Waals surface area contributed by atoms with Crippen LogP contribution in [0.4, 0.5) is 13.2 Å². The normalized spacial score (nSPS) is 10.9. The maximum atomic E-state index is 12.6. The van der Waals surface area contributed by atoms with Crippen LogP contribution in [-0.2, 0) is 6.18 Å². The molecule has 0 aromatic heterocycles. The molecule has 0 aliphatic carbocycles. The van der Waals surface area contributed by atoms with Crippen molar-refractivity contribution in [2.75, 3.05) is 0 Å². The molecule has 0 radical (unpaired) electrons. The maximum Gasteiger partial charge on any atom is 0.417 e. The molecule has 102 valence electrons. The van der Waals surface area contributed by atoms with Gasteiger partial charge in [-0.05, 0) is 65.1 Å². The van der Waals surface area contributed by atoms with Gasteiger partial charge in [-0.2, -0.15) is 18.4 Å². The number of hydrogen-bond acceptors (Lipinski definition) is 2. The summed E-state index contributed by atoms with van der Waals surface area (Å²) < 4.78 is 44.4. The van der Waals surface area contributed by atoms with E-state index in [-0.39, 0.29) is 5.75 Å². The lowest BCUT2D eigenvalue weighted by Crippen LogP contribution is -2.07. The third-order valence-corrected chi connectivity index (χ3v) is 3.19. The Morgan fingerprint density at radius 1 is 1.00 bits per heavy atom. The summed E-state index contributed by atoms with van der Waals surface area (Å²) in [4.78, 5) is 0. The summed E-state index contributed by atoms with van der Waals surface area (Å²) in [5.74, 6) is 0.685. The first-order chi connectivity index (χ1) is 9.40. The van der Waals surface area contributed by atoms with E-state index in [1.165, 1.54) is 12.1 Å². The Labute approximate surface area is 126 Å². The van der Waals surface area contributed by atoms with E-state index in [1.54, 1.807) is 12.1 Å². The second-order valence-corrected chi connectivity index (χ2v) is 5.12. The highest BCUT2D eigenvalue weighted by Gasteiger charge is 2.33. The van der Waals surface area contributed by atoms with Gasteiger partial charge in [-0.15, -0.1) is 0 Å². The minimum Gasteiger partial charge on any atom is -0.457 e. The quantitative estimate of drug-likeness (QED) is 0.680. The Bertz CT molecular complexity index is 660. The molecule has 0 heterocycles. The number of nitrogens with zero attached hydrogens (tertiary/aromatic N) is 1. The second kappa shape index (κ2) is 5.71. The smallest absolute Gasteiger partial charge is 0.417 e. The summed E-state index contributed by atoms with van der Waals surface area (Å²) in [5.41, 5.74) is -1.42. The third-order valence-electron chi connectivity index (χ3n) is 2.47. The monoisotopic (exact) mass is 389 g/mol. The van der Waals surface area contributed by atoms with Crippen molar-refractivity contribution in [1.29, 1.82) is 5.26 Å². The van der Waals surface area contributed by atoms with Gasteiger partial charge in [0.1, 0.15) is 11.5 Å². The van der Waals surface area contributed by atoms with Gasteiger partial charge in [0, 0.05) is 3.57 Å². The first-order valence-corrected chi connectivity index (χ1v) is 6.53. The zero-order valence-electron chi connectivity index (χ0n) is 9.91. The molecule has 0 amide bonds. The van der Waals surface area contributed by atoms with E-state index in [2.05, 4.69) is 22.6 Å². The lowest BCUT2D eigenvalue weighted by Gasteiger charge is -2.11. The van der Waals surface area contributed by atoms with E-state index in [9.17, 15) is 13.2 Å². The number of rotatable bonds is 2. The number of hydrogen-bond donors (Lipinski definition) is 0. The molecule has 0 unspecified atom stereocenters. The molecule has 2 aromatic carbocycles. The largest absolute Gasteiger partial charge is 0.457 e. The van der Waals surface area contributed by atoms with Crippen molar-refractivity contribution in [3.05, 3.63) is 57.2 Å². The van der Waals surface area contributed by atoms with Gasteiger partial charge in [0.2, 0.25) is 0 Å². The van der Waals surface area contributed by atoms with E-state index in [1.807, 2.05) is 12.1 Å². The minimum atomic E-state index is -4.55. The van der Waals surface area contributed by atoms with Gasteiger partial charge in [-0.1, -0.05) is 0 Å². The number of ether oxygens (including phenoxy) is 1. The predicted molar refractivity (Wildman–Crippen MR) is 75.4 cm³/mol. The Morgan fingerprint density at radius 3 is 2.15 bits per heavy atom. The Balaban J connectivity index is 2.31. The number of alkyl halides is 3. The van der Waals surface area contributed by atoms with Crippen molar-refractivity contribution in [2.24, 2.45) is 0 Å². The zero-order valence-corrected chi connectivity index (χ0v) is 12.1. The Morgan fingerprint density at radius 2 is 1.60 bits per heavy atom. The molecule has 0 spiro atoms. The highest BCUT2D eigenvalue weighted by Crippen LogP contribution is 2.34.